The van der Waals surface area contributed by atoms with Gasteiger partial charge in [-0.15, -0.1) is 0 Å². The number of nitrogens with two attached hydrogens (primary N) is 1. The fourth-order valence-electron chi connectivity index (χ4n) is 2.28. The van der Waals surface area contributed by atoms with Gasteiger partial charge in [-0.25, -0.2) is 0 Å². The molecule has 2 N–H and O–H groups in total. The molecule has 1 fully saturated rings. The van der Waals surface area contributed by atoms with Crippen LogP contribution in [-0.2, 0) is 0 Å². The molecule has 0 aliphatic heterocycles. The smallest absolute Gasteiger partial charge is 0.00721 e. The molecule has 1 heteroatoms. The van der Waals surface area contributed by atoms with Crippen molar-refractivity contribution in [3.05, 3.63) is 0 Å². The SMILES string of the molecule is CC(C)[C@H]1CC[C@@H](C)C[C@@H]1N. The van der Waals surface area contributed by atoms with Gasteiger partial charge in [0, 0.05) is 6.04 Å². The van der Waals surface area contributed by atoms with Crippen molar-refractivity contribution in [2.45, 2.75) is 46.1 Å². The largest absolute Gasteiger partial charge is 0.327 e. The number of hydrogen-bond acceptors (Lipinski definition) is 1. The van der Waals surface area contributed by atoms with Gasteiger partial charge in [-0.2, -0.15) is 0 Å². The molecular formula is C10H21N. The first-order chi connectivity index (χ1) is 5.11. The van der Waals surface area contributed by atoms with E-state index in [1.807, 2.05) is 0 Å². The summed E-state index contributed by atoms with van der Waals surface area (Å²) in [6.45, 7) is 6.90. The third kappa shape index (κ3) is 2.19. The highest BCUT2D eigenvalue weighted by atomic mass is 14.7. The molecule has 0 spiro atoms. The predicted octanol–water partition coefficient (Wildman–Crippen LogP) is 2.41. The molecule has 11 heavy (non-hydrogen) atoms. The molecule has 0 unspecified atom stereocenters. The van der Waals surface area contributed by atoms with Gasteiger partial charge in [-0.1, -0.05) is 27.2 Å². The van der Waals surface area contributed by atoms with E-state index in [4.69, 9.17) is 5.73 Å². The Hall–Kier alpha value is -0.0400. The van der Waals surface area contributed by atoms with Gasteiger partial charge in [0.25, 0.3) is 0 Å². The summed E-state index contributed by atoms with van der Waals surface area (Å²) in [4.78, 5) is 0. The molecule has 1 nitrogen and oxygen atoms in total. The number of hydrogen-bond donors (Lipinski definition) is 1. The summed E-state index contributed by atoms with van der Waals surface area (Å²) in [6, 6.07) is 0.471. The topological polar surface area (TPSA) is 26.0 Å². The van der Waals surface area contributed by atoms with Crippen molar-refractivity contribution in [3.63, 3.8) is 0 Å². The first-order valence-electron chi connectivity index (χ1n) is 4.87. The van der Waals surface area contributed by atoms with Crippen LogP contribution >= 0.6 is 0 Å². The Morgan fingerprint density at radius 1 is 1.27 bits per heavy atom. The van der Waals surface area contributed by atoms with Crippen molar-refractivity contribution >= 4 is 0 Å². The highest BCUT2D eigenvalue weighted by molar-refractivity contribution is 4.82. The highest BCUT2D eigenvalue weighted by Crippen LogP contribution is 2.31. The first kappa shape index (κ1) is 9.05. The second-order valence-electron chi connectivity index (χ2n) is 4.49. The van der Waals surface area contributed by atoms with E-state index in [9.17, 15) is 0 Å². The predicted molar refractivity (Wildman–Crippen MR) is 49.3 cm³/mol. The number of rotatable bonds is 1. The van der Waals surface area contributed by atoms with E-state index in [1.54, 1.807) is 0 Å². The summed E-state index contributed by atoms with van der Waals surface area (Å²) in [5, 5.41) is 0. The molecule has 0 heterocycles. The Bertz CT molecular complexity index is 120. The Balaban J connectivity index is 2.44. The van der Waals surface area contributed by atoms with Crippen LogP contribution in [0.15, 0.2) is 0 Å². The Kier molecular flexibility index (Phi) is 2.94. The van der Waals surface area contributed by atoms with Gasteiger partial charge in [-0.05, 0) is 30.6 Å². The van der Waals surface area contributed by atoms with Crippen LogP contribution in [0.2, 0.25) is 0 Å². The fourth-order valence-corrected chi connectivity index (χ4v) is 2.28. The van der Waals surface area contributed by atoms with Crippen molar-refractivity contribution in [1.82, 2.24) is 0 Å². The van der Waals surface area contributed by atoms with Gasteiger partial charge < -0.3 is 5.73 Å². The van der Waals surface area contributed by atoms with Gasteiger partial charge in [0.15, 0.2) is 0 Å². The molecule has 66 valence electrons. The van der Waals surface area contributed by atoms with Gasteiger partial charge >= 0.3 is 0 Å². The summed E-state index contributed by atoms with van der Waals surface area (Å²) in [6.07, 6.45) is 3.97. The van der Waals surface area contributed by atoms with E-state index in [0.29, 0.717) is 6.04 Å². The molecule has 0 aromatic carbocycles. The molecule has 1 saturated carbocycles. The van der Waals surface area contributed by atoms with Crippen LogP contribution in [0.3, 0.4) is 0 Å². The maximum absolute atomic E-state index is 6.07. The standard InChI is InChI=1S/C10H21N/c1-7(2)9-5-4-8(3)6-10(9)11/h7-10H,4-6,11H2,1-3H3/t8-,9-,10+/m1/s1. The third-order valence-corrected chi connectivity index (χ3v) is 3.07. The van der Waals surface area contributed by atoms with E-state index in [1.165, 1.54) is 19.3 Å². The zero-order valence-corrected chi connectivity index (χ0v) is 8.01. The second kappa shape index (κ2) is 3.57. The minimum Gasteiger partial charge on any atom is -0.327 e. The van der Waals surface area contributed by atoms with Crippen molar-refractivity contribution in [2.75, 3.05) is 0 Å². The zero-order valence-electron chi connectivity index (χ0n) is 8.01. The first-order valence-corrected chi connectivity index (χ1v) is 4.87. The highest BCUT2D eigenvalue weighted by Gasteiger charge is 2.27. The van der Waals surface area contributed by atoms with Crippen LogP contribution < -0.4 is 5.73 Å². The van der Waals surface area contributed by atoms with Crippen molar-refractivity contribution in [2.24, 2.45) is 23.5 Å². The lowest BCUT2D eigenvalue weighted by Crippen LogP contribution is -2.38. The molecule has 0 radical (unpaired) electrons. The van der Waals surface area contributed by atoms with E-state index < -0.39 is 0 Å². The lowest BCUT2D eigenvalue weighted by molar-refractivity contribution is 0.199. The summed E-state index contributed by atoms with van der Waals surface area (Å²) in [5.74, 6) is 2.42. The van der Waals surface area contributed by atoms with E-state index in [0.717, 1.165) is 17.8 Å². The molecule has 0 bridgehead atoms. The van der Waals surface area contributed by atoms with Crippen LogP contribution in [0.25, 0.3) is 0 Å². The monoisotopic (exact) mass is 155 g/mol. The average Bonchev–Trinajstić information content (AvgIpc) is 1.85. The second-order valence-corrected chi connectivity index (χ2v) is 4.49. The van der Waals surface area contributed by atoms with E-state index >= 15 is 0 Å². The maximum atomic E-state index is 6.07. The van der Waals surface area contributed by atoms with Crippen LogP contribution in [0.1, 0.15) is 40.0 Å². The normalized spacial score (nSPS) is 39.5. The van der Waals surface area contributed by atoms with E-state index in [-0.39, 0.29) is 0 Å². The molecule has 3 atom stereocenters. The Morgan fingerprint density at radius 2 is 1.91 bits per heavy atom. The van der Waals surface area contributed by atoms with Crippen molar-refractivity contribution < 1.29 is 0 Å². The minimum atomic E-state index is 0.471. The summed E-state index contributed by atoms with van der Waals surface area (Å²) >= 11 is 0. The Morgan fingerprint density at radius 3 is 2.36 bits per heavy atom. The zero-order chi connectivity index (χ0) is 8.43. The molecule has 1 aliphatic rings. The molecule has 1 rings (SSSR count). The average molecular weight is 155 g/mol. The molecule has 0 amide bonds. The maximum Gasteiger partial charge on any atom is 0.00721 e. The summed E-state index contributed by atoms with van der Waals surface area (Å²) in [7, 11) is 0. The van der Waals surface area contributed by atoms with Gasteiger partial charge in [0.05, 0.1) is 0 Å². The molecule has 1 aliphatic carbocycles. The fraction of sp³-hybridized carbons (Fsp3) is 1.00. The van der Waals surface area contributed by atoms with Gasteiger partial charge in [0.1, 0.15) is 0 Å². The van der Waals surface area contributed by atoms with Gasteiger partial charge in [0.2, 0.25) is 0 Å². The Labute approximate surface area is 70.4 Å². The molecular weight excluding hydrogens is 134 g/mol. The molecule has 0 aromatic rings. The summed E-state index contributed by atoms with van der Waals surface area (Å²) in [5.41, 5.74) is 6.07. The summed E-state index contributed by atoms with van der Waals surface area (Å²) < 4.78 is 0. The quantitative estimate of drug-likeness (QED) is 0.618. The lowest BCUT2D eigenvalue weighted by atomic mass is 9.74. The third-order valence-electron chi connectivity index (χ3n) is 3.07. The van der Waals surface area contributed by atoms with Crippen molar-refractivity contribution in [3.8, 4) is 0 Å². The lowest BCUT2D eigenvalue weighted by Gasteiger charge is -2.34. The van der Waals surface area contributed by atoms with Crippen LogP contribution in [0.5, 0.6) is 0 Å². The minimum absolute atomic E-state index is 0.471. The molecule has 0 aromatic heterocycles. The van der Waals surface area contributed by atoms with Crippen molar-refractivity contribution in [1.29, 1.82) is 0 Å². The van der Waals surface area contributed by atoms with Crippen LogP contribution in [0, 0.1) is 17.8 Å². The molecule has 0 saturated heterocycles. The van der Waals surface area contributed by atoms with E-state index in [2.05, 4.69) is 20.8 Å². The van der Waals surface area contributed by atoms with Gasteiger partial charge in [-0.3, -0.25) is 0 Å². The van der Waals surface area contributed by atoms with Crippen LogP contribution in [-0.4, -0.2) is 6.04 Å². The van der Waals surface area contributed by atoms with Crippen LogP contribution in [0.4, 0.5) is 0 Å².